The first-order chi connectivity index (χ1) is 8.66. The lowest BCUT2D eigenvalue weighted by molar-refractivity contribution is -0.177. The van der Waals surface area contributed by atoms with Crippen molar-refractivity contribution in [1.29, 1.82) is 0 Å². The van der Waals surface area contributed by atoms with Crippen LogP contribution in [0.5, 0.6) is 0 Å². The van der Waals surface area contributed by atoms with Gasteiger partial charge in [0.05, 0.1) is 5.69 Å². The molecule has 108 valence electrons. The summed E-state index contributed by atoms with van der Waals surface area (Å²) in [6, 6.07) is 1.71. The normalized spacial score (nSPS) is 12.7. The molecule has 0 bridgehead atoms. The van der Waals surface area contributed by atoms with E-state index in [1.807, 2.05) is 20.8 Å². The van der Waals surface area contributed by atoms with Crippen molar-refractivity contribution in [3.05, 3.63) is 23.8 Å². The molecule has 0 unspecified atom stereocenters. The van der Waals surface area contributed by atoms with Gasteiger partial charge in [0.2, 0.25) is 0 Å². The molecule has 0 atom stereocenters. The monoisotopic (exact) mass is 277 g/mol. The van der Waals surface area contributed by atoms with E-state index in [1.54, 1.807) is 6.07 Å². The maximum atomic E-state index is 11.9. The number of rotatable bonds is 5. The summed E-state index contributed by atoms with van der Waals surface area (Å²) in [4.78, 5) is 8.00. The van der Waals surface area contributed by atoms with E-state index in [0.29, 0.717) is 6.54 Å². The molecule has 4 nitrogen and oxygen atoms in total. The van der Waals surface area contributed by atoms with Crippen molar-refractivity contribution < 1.29 is 17.9 Å². The number of nitrogens with one attached hydrogen (secondary N) is 1. The average Bonchev–Trinajstić information content (AvgIpc) is 2.24. The van der Waals surface area contributed by atoms with Crippen molar-refractivity contribution in [2.75, 3.05) is 6.61 Å². The fourth-order valence-corrected chi connectivity index (χ4v) is 1.22. The first kappa shape index (κ1) is 15.8. The molecule has 0 aromatic carbocycles. The highest BCUT2D eigenvalue weighted by molar-refractivity contribution is 5.02. The molecule has 1 rings (SSSR count). The van der Waals surface area contributed by atoms with Crippen LogP contribution in [0, 0.1) is 0 Å². The molecule has 0 radical (unpaired) electrons. The van der Waals surface area contributed by atoms with Gasteiger partial charge in [-0.3, -0.25) is 0 Å². The first-order valence-electron chi connectivity index (χ1n) is 5.86. The molecule has 0 saturated carbocycles. The zero-order chi connectivity index (χ0) is 14.5. The lowest BCUT2D eigenvalue weighted by Crippen LogP contribution is -2.35. The second-order valence-electron chi connectivity index (χ2n) is 5.18. The summed E-state index contributed by atoms with van der Waals surface area (Å²) in [6.45, 7) is 5.03. The fourth-order valence-electron chi connectivity index (χ4n) is 1.22. The number of halogens is 3. The van der Waals surface area contributed by atoms with E-state index in [9.17, 15) is 13.2 Å². The molecule has 0 aliphatic carbocycles. The minimum atomic E-state index is -4.33. The Bertz CT molecular complexity index is 402. The molecule has 0 aliphatic heterocycles. The van der Waals surface area contributed by atoms with E-state index < -0.39 is 12.8 Å². The number of hydrogen-bond donors (Lipinski definition) is 1. The minimum absolute atomic E-state index is 0.0576. The molecule has 1 aromatic heterocycles. The van der Waals surface area contributed by atoms with Crippen molar-refractivity contribution in [3.63, 3.8) is 0 Å². The van der Waals surface area contributed by atoms with Crippen LogP contribution in [0.4, 0.5) is 13.2 Å². The van der Waals surface area contributed by atoms with E-state index in [-0.39, 0.29) is 18.0 Å². The summed E-state index contributed by atoms with van der Waals surface area (Å²) in [5, 5.41) is 3.23. The molecule has 0 aliphatic rings. The number of ether oxygens (including phenoxy) is 1. The van der Waals surface area contributed by atoms with Gasteiger partial charge in [0.1, 0.15) is 13.2 Å². The van der Waals surface area contributed by atoms with Gasteiger partial charge in [-0.2, -0.15) is 13.2 Å². The van der Waals surface area contributed by atoms with Crippen LogP contribution in [0.1, 0.15) is 32.3 Å². The van der Waals surface area contributed by atoms with Crippen molar-refractivity contribution in [2.24, 2.45) is 0 Å². The lowest BCUT2D eigenvalue weighted by atomic mass is 10.1. The standard InChI is InChI=1S/C12H18F3N3O/c1-11(2,3)17-6-9-4-5-16-10(18-9)7-19-8-12(13,14)15/h4-5,17H,6-8H2,1-3H3. The molecule has 19 heavy (non-hydrogen) atoms. The van der Waals surface area contributed by atoms with Crippen molar-refractivity contribution >= 4 is 0 Å². The lowest BCUT2D eigenvalue weighted by Gasteiger charge is -2.20. The third kappa shape index (κ3) is 7.74. The predicted octanol–water partition coefficient (Wildman–Crippen LogP) is 2.44. The predicted molar refractivity (Wildman–Crippen MR) is 64.3 cm³/mol. The van der Waals surface area contributed by atoms with E-state index in [4.69, 9.17) is 0 Å². The van der Waals surface area contributed by atoms with Crippen LogP contribution in [0.25, 0.3) is 0 Å². The van der Waals surface area contributed by atoms with Gasteiger partial charge in [-0.25, -0.2) is 9.97 Å². The Labute approximate surface area is 110 Å². The molecule has 0 spiro atoms. The van der Waals surface area contributed by atoms with Crippen molar-refractivity contribution in [1.82, 2.24) is 15.3 Å². The van der Waals surface area contributed by atoms with E-state index >= 15 is 0 Å². The van der Waals surface area contributed by atoms with Gasteiger partial charge < -0.3 is 10.1 Å². The summed E-state index contributed by atoms with van der Waals surface area (Å²) >= 11 is 0. The topological polar surface area (TPSA) is 47.0 Å². The first-order valence-corrected chi connectivity index (χ1v) is 5.86. The molecule has 1 N–H and O–H groups in total. The summed E-state index contributed by atoms with van der Waals surface area (Å²) in [7, 11) is 0. The Morgan fingerprint density at radius 1 is 1.26 bits per heavy atom. The van der Waals surface area contributed by atoms with Gasteiger partial charge in [-0.1, -0.05) is 0 Å². The van der Waals surface area contributed by atoms with Gasteiger partial charge >= 0.3 is 6.18 Å². The van der Waals surface area contributed by atoms with Gasteiger partial charge in [0.15, 0.2) is 5.82 Å². The molecule has 7 heteroatoms. The fraction of sp³-hybridized carbons (Fsp3) is 0.667. The Balaban J connectivity index is 2.48. The maximum absolute atomic E-state index is 11.9. The van der Waals surface area contributed by atoms with Crippen LogP contribution in [-0.2, 0) is 17.9 Å². The summed E-state index contributed by atoms with van der Waals surface area (Å²) in [5.74, 6) is 0.248. The molecule has 0 saturated heterocycles. The van der Waals surface area contributed by atoms with E-state index in [2.05, 4.69) is 20.0 Å². The van der Waals surface area contributed by atoms with Crippen LogP contribution < -0.4 is 5.32 Å². The molecular formula is C12H18F3N3O. The molecule has 1 heterocycles. The third-order valence-electron chi connectivity index (χ3n) is 2.06. The minimum Gasteiger partial charge on any atom is -0.364 e. The van der Waals surface area contributed by atoms with Gasteiger partial charge in [-0.15, -0.1) is 0 Å². The van der Waals surface area contributed by atoms with E-state index in [0.717, 1.165) is 5.69 Å². The number of hydrogen-bond acceptors (Lipinski definition) is 4. The summed E-state index contributed by atoms with van der Waals surface area (Å²) in [6.07, 6.45) is -2.82. The maximum Gasteiger partial charge on any atom is 0.411 e. The third-order valence-corrected chi connectivity index (χ3v) is 2.06. The molecule has 1 aromatic rings. The largest absolute Gasteiger partial charge is 0.411 e. The molecular weight excluding hydrogens is 259 g/mol. The van der Waals surface area contributed by atoms with Gasteiger partial charge in [-0.05, 0) is 26.8 Å². The Morgan fingerprint density at radius 3 is 2.53 bits per heavy atom. The quantitative estimate of drug-likeness (QED) is 0.898. The highest BCUT2D eigenvalue weighted by Crippen LogP contribution is 2.15. The highest BCUT2D eigenvalue weighted by atomic mass is 19.4. The zero-order valence-corrected chi connectivity index (χ0v) is 11.2. The Kier molecular flexibility index (Phi) is 5.25. The second kappa shape index (κ2) is 6.29. The Hall–Kier alpha value is -1.21. The van der Waals surface area contributed by atoms with Crippen LogP contribution in [-0.4, -0.2) is 28.3 Å². The Morgan fingerprint density at radius 2 is 1.95 bits per heavy atom. The summed E-state index contributed by atoms with van der Waals surface area (Å²) in [5.41, 5.74) is 0.660. The van der Waals surface area contributed by atoms with Crippen LogP contribution in [0.15, 0.2) is 12.3 Å². The molecule has 0 fully saturated rings. The second-order valence-corrected chi connectivity index (χ2v) is 5.18. The van der Waals surface area contributed by atoms with Crippen molar-refractivity contribution in [2.45, 2.75) is 45.6 Å². The van der Waals surface area contributed by atoms with Gasteiger partial charge in [0, 0.05) is 18.3 Å². The van der Waals surface area contributed by atoms with E-state index in [1.165, 1.54) is 6.20 Å². The average molecular weight is 277 g/mol. The SMILES string of the molecule is CC(C)(C)NCc1ccnc(COCC(F)(F)F)n1. The van der Waals surface area contributed by atoms with Gasteiger partial charge in [0.25, 0.3) is 0 Å². The van der Waals surface area contributed by atoms with Crippen molar-refractivity contribution in [3.8, 4) is 0 Å². The smallest absolute Gasteiger partial charge is 0.364 e. The van der Waals surface area contributed by atoms with Crippen LogP contribution >= 0.6 is 0 Å². The zero-order valence-electron chi connectivity index (χ0n) is 11.2. The number of alkyl halides is 3. The highest BCUT2D eigenvalue weighted by Gasteiger charge is 2.27. The number of aromatic nitrogens is 2. The summed E-state index contributed by atoms with van der Waals surface area (Å²) < 4.78 is 40.3. The van der Waals surface area contributed by atoms with Crippen LogP contribution in [0.2, 0.25) is 0 Å². The molecule has 0 amide bonds. The van der Waals surface area contributed by atoms with Crippen LogP contribution in [0.3, 0.4) is 0 Å². The number of nitrogens with zero attached hydrogens (tertiary/aromatic N) is 2.